The molecule has 0 radical (unpaired) electrons. The molecule has 0 saturated heterocycles. The maximum absolute atomic E-state index is 14.1. The predicted octanol–water partition coefficient (Wildman–Crippen LogP) is 3.54. The lowest BCUT2D eigenvalue weighted by Gasteiger charge is -2.35. The minimum absolute atomic E-state index is 0.0103. The van der Waals surface area contributed by atoms with Crippen LogP contribution < -0.4 is 17.1 Å². The van der Waals surface area contributed by atoms with E-state index in [2.05, 4.69) is 15.0 Å². The summed E-state index contributed by atoms with van der Waals surface area (Å²) in [6.45, 7) is 5.58. The van der Waals surface area contributed by atoms with Crippen molar-refractivity contribution in [2.24, 2.45) is 32.7 Å². The number of aliphatic imine (C=N–C) groups is 3. The van der Waals surface area contributed by atoms with Crippen LogP contribution in [0.5, 0.6) is 0 Å². The van der Waals surface area contributed by atoms with E-state index in [1.807, 2.05) is 20.8 Å². The van der Waals surface area contributed by atoms with Crippen LogP contribution in [0.2, 0.25) is 0 Å². The van der Waals surface area contributed by atoms with E-state index in [0.29, 0.717) is 57.8 Å². The summed E-state index contributed by atoms with van der Waals surface area (Å²) in [4.78, 5) is 86.4. The Morgan fingerprint density at radius 3 is 1.26 bits per heavy atom. The van der Waals surface area contributed by atoms with Crippen LogP contribution >= 0.6 is 0 Å². The van der Waals surface area contributed by atoms with Crippen LogP contribution in [0.15, 0.2) is 29.4 Å². The minimum atomic E-state index is -0.605. The fraction of sp³-hybridized carbons (Fsp3) is 0.800. The van der Waals surface area contributed by atoms with Gasteiger partial charge in [-0.2, -0.15) is 0 Å². The highest BCUT2D eigenvalue weighted by Gasteiger charge is 2.35. The molecule has 0 N–H and O–H groups in total. The normalized spacial score (nSPS) is 30.1. The molecule has 0 spiro atoms. The van der Waals surface area contributed by atoms with Gasteiger partial charge in [0, 0.05) is 18.1 Å². The van der Waals surface area contributed by atoms with Crippen LogP contribution in [0.4, 0.5) is 0 Å². The van der Waals surface area contributed by atoms with Crippen molar-refractivity contribution < 1.29 is 14.4 Å². The van der Waals surface area contributed by atoms with Gasteiger partial charge in [-0.25, -0.2) is 57.4 Å². The third-order valence-electron chi connectivity index (χ3n) is 10.4. The highest BCUT2D eigenvalue weighted by Crippen LogP contribution is 2.36. The van der Waals surface area contributed by atoms with E-state index in [1.54, 1.807) is 18.2 Å². The zero-order valence-corrected chi connectivity index (χ0v) is 24.8. The molecule has 0 aliphatic heterocycles. The minimum Gasteiger partial charge on any atom is -0.247 e. The van der Waals surface area contributed by atoms with Gasteiger partial charge in [0.1, 0.15) is 0 Å². The Bertz CT molecular complexity index is 1340. The number of hydrogen-bond acceptors (Lipinski definition) is 9. The summed E-state index contributed by atoms with van der Waals surface area (Å²) >= 11 is 0. The Labute approximate surface area is 244 Å². The first-order valence-corrected chi connectivity index (χ1v) is 15.4. The summed E-state index contributed by atoms with van der Waals surface area (Å²) in [6.07, 6.45) is 13.3. The monoisotopic (exact) mass is 582 g/mol. The molecule has 5 unspecified atom stereocenters. The molecular formula is C30H42N6O6. The van der Waals surface area contributed by atoms with Crippen LogP contribution in [-0.2, 0) is 14.4 Å². The molecule has 3 aliphatic carbocycles. The van der Waals surface area contributed by atoms with E-state index in [1.165, 1.54) is 13.7 Å². The second kappa shape index (κ2) is 14.1. The lowest BCUT2D eigenvalue weighted by Crippen LogP contribution is -2.58. The molecule has 5 atom stereocenters. The first-order valence-electron chi connectivity index (χ1n) is 15.4. The molecule has 12 heteroatoms. The Morgan fingerprint density at radius 2 is 0.881 bits per heavy atom. The van der Waals surface area contributed by atoms with Crippen molar-refractivity contribution in [2.75, 3.05) is 0 Å². The number of isocyanates is 3. The standard InChI is InChI=1S/C30H42N6O6/c1-19(22-7-11-25(12-8-22)31-16-37)34-28(40)35(20(2)23-9-13-26(14-10-23)32-17-38)30(42)36(29(34)41)21(3)24-5-4-6-27(15-24)33-18-39/h19-27H,4-15H2,1-3H3. The summed E-state index contributed by atoms with van der Waals surface area (Å²) < 4.78 is 3.81. The summed E-state index contributed by atoms with van der Waals surface area (Å²) in [5.41, 5.74) is -1.81. The lowest BCUT2D eigenvalue weighted by atomic mass is 9.81. The molecule has 1 aromatic heterocycles. The van der Waals surface area contributed by atoms with Gasteiger partial charge in [0.05, 0.1) is 18.1 Å². The van der Waals surface area contributed by atoms with E-state index in [4.69, 9.17) is 0 Å². The topological polar surface area (TPSA) is 154 Å². The van der Waals surface area contributed by atoms with Gasteiger partial charge >= 0.3 is 17.1 Å². The largest absolute Gasteiger partial charge is 0.336 e. The first-order chi connectivity index (χ1) is 20.2. The van der Waals surface area contributed by atoms with E-state index in [-0.39, 0.29) is 35.9 Å². The van der Waals surface area contributed by atoms with Crippen molar-refractivity contribution in [2.45, 2.75) is 134 Å². The highest BCUT2D eigenvalue weighted by atomic mass is 16.2. The van der Waals surface area contributed by atoms with Crippen LogP contribution in [0.3, 0.4) is 0 Å². The van der Waals surface area contributed by atoms with Gasteiger partial charge in [-0.05, 0) is 109 Å². The predicted molar refractivity (Wildman–Crippen MR) is 155 cm³/mol. The van der Waals surface area contributed by atoms with Gasteiger partial charge in [0.15, 0.2) is 0 Å². The number of aromatic nitrogens is 3. The summed E-state index contributed by atoms with van der Waals surface area (Å²) in [7, 11) is 0. The Morgan fingerprint density at radius 1 is 0.524 bits per heavy atom. The number of rotatable bonds is 9. The SMILES string of the molecule is CC(C1CCC(N=C=O)CC1)n1c(=O)n(C(C)C2CCC(N=C=O)CC2)c(=O)n(C(C)C2CCCC(N=C=O)C2)c1=O. The summed E-state index contributed by atoms with van der Waals surface area (Å²) in [6, 6.07) is -1.80. The average molecular weight is 583 g/mol. The molecule has 228 valence electrons. The third kappa shape index (κ3) is 6.62. The Kier molecular flexibility index (Phi) is 10.6. The molecule has 0 amide bonds. The molecule has 1 aromatic rings. The Hall–Kier alpha value is -3.45. The number of carbonyl (C=O) groups excluding carboxylic acids is 3. The van der Waals surface area contributed by atoms with Gasteiger partial charge in [-0.3, -0.25) is 0 Å². The average Bonchev–Trinajstić information content (AvgIpc) is 2.98. The molecule has 3 aliphatic rings. The number of nitrogens with zero attached hydrogens (tertiary/aromatic N) is 6. The fourth-order valence-electron chi connectivity index (χ4n) is 7.68. The molecular weight excluding hydrogens is 540 g/mol. The lowest BCUT2D eigenvalue weighted by molar-refractivity contribution is 0.186. The molecule has 1 heterocycles. The zero-order valence-electron chi connectivity index (χ0n) is 24.8. The van der Waals surface area contributed by atoms with Crippen molar-refractivity contribution in [3.63, 3.8) is 0 Å². The van der Waals surface area contributed by atoms with Gasteiger partial charge < -0.3 is 0 Å². The molecule has 4 rings (SSSR count). The van der Waals surface area contributed by atoms with Gasteiger partial charge in [0.2, 0.25) is 18.2 Å². The number of hydrogen-bond donors (Lipinski definition) is 0. The zero-order chi connectivity index (χ0) is 30.4. The van der Waals surface area contributed by atoms with Crippen LogP contribution in [0.1, 0.15) is 116 Å². The molecule has 0 bridgehead atoms. The fourth-order valence-corrected chi connectivity index (χ4v) is 7.68. The smallest absolute Gasteiger partial charge is 0.247 e. The first kappa shape index (κ1) is 31.5. The van der Waals surface area contributed by atoms with Crippen LogP contribution in [0.25, 0.3) is 0 Å². The van der Waals surface area contributed by atoms with Gasteiger partial charge in [-0.15, -0.1) is 0 Å². The molecule has 0 aromatic carbocycles. The second-order valence-electron chi connectivity index (χ2n) is 12.6. The van der Waals surface area contributed by atoms with E-state index in [0.717, 1.165) is 19.3 Å². The van der Waals surface area contributed by atoms with E-state index >= 15 is 0 Å². The van der Waals surface area contributed by atoms with Crippen molar-refractivity contribution in [3.8, 4) is 0 Å². The van der Waals surface area contributed by atoms with Crippen molar-refractivity contribution in [1.29, 1.82) is 0 Å². The maximum atomic E-state index is 14.1. The van der Waals surface area contributed by atoms with Crippen LogP contribution in [-0.4, -0.2) is 50.1 Å². The summed E-state index contributed by atoms with van der Waals surface area (Å²) in [5, 5.41) is 0. The van der Waals surface area contributed by atoms with Gasteiger partial charge in [-0.1, -0.05) is 6.42 Å². The van der Waals surface area contributed by atoms with Crippen molar-refractivity contribution in [1.82, 2.24) is 13.7 Å². The molecule has 3 saturated carbocycles. The highest BCUT2D eigenvalue weighted by molar-refractivity contribution is 5.34. The molecule has 42 heavy (non-hydrogen) atoms. The van der Waals surface area contributed by atoms with Crippen LogP contribution in [0, 0.1) is 17.8 Å². The maximum Gasteiger partial charge on any atom is 0.336 e. The summed E-state index contributed by atoms with van der Waals surface area (Å²) in [5.74, 6) is -0.0446. The Balaban J connectivity index is 1.76. The second-order valence-corrected chi connectivity index (χ2v) is 12.6. The van der Waals surface area contributed by atoms with Gasteiger partial charge in [0.25, 0.3) is 0 Å². The molecule has 3 fully saturated rings. The molecule has 12 nitrogen and oxygen atoms in total. The third-order valence-corrected chi connectivity index (χ3v) is 10.4. The van der Waals surface area contributed by atoms with Crippen molar-refractivity contribution in [3.05, 3.63) is 31.5 Å². The van der Waals surface area contributed by atoms with E-state index < -0.39 is 35.2 Å². The van der Waals surface area contributed by atoms with Crippen molar-refractivity contribution >= 4 is 18.2 Å². The quantitative estimate of drug-likeness (QED) is 0.320. The van der Waals surface area contributed by atoms with E-state index in [9.17, 15) is 28.8 Å².